The Hall–Kier alpha value is -1.88. The van der Waals surface area contributed by atoms with Crippen molar-refractivity contribution in [3.63, 3.8) is 0 Å². The zero-order chi connectivity index (χ0) is 13.1. The molecule has 5 nitrogen and oxygen atoms in total. The second-order valence-electron chi connectivity index (χ2n) is 5.00. The number of hydrogen-bond acceptors (Lipinski definition) is 4. The van der Waals surface area contributed by atoms with E-state index in [0.29, 0.717) is 6.04 Å². The summed E-state index contributed by atoms with van der Waals surface area (Å²) >= 11 is 0. The second-order valence-corrected chi connectivity index (χ2v) is 5.00. The molecule has 5 heteroatoms. The van der Waals surface area contributed by atoms with E-state index in [1.54, 1.807) is 6.33 Å². The van der Waals surface area contributed by atoms with Gasteiger partial charge >= 0.3 is 0 Å². The van der Waals surface area contributed by atoms with Crippen LogP contribution in [-0.2, 0) is 7.05 Å². The topological polar surface area (TPSA) is 54.8 Å². The summed E-state index contributed by atoms with van der Waals surface area (Å²) in [6.07, 6.45) is 4.16. The number of anilines is 1. The van der Waals surface area contributed by atoms with Crippen LogP contribution in [0.3, 0.4) is 0 Å². The van der Waals surface area contributed by atoms with Gasteiger partial charge in [0.15, 0.2) is 5.82 Å². The van der Waals surface area contributed by atoms with Gasteiger partial charge in [-0.15, -0.1) is 10.2 Å². The first kappa shape index (κ1) is 12.2. The third kappa shape index (κ3) is 2.61. The minimum absolute atomic E-state index is 0.489. The fourth-order valence-corrected chi connectivity index (χ4v) is 2.53. The van der Waals surface area contributed by atoms with Gasteiger partial charge in [0.1, 0.15) is 6.33 Å². The average molecular weight is 257 g/mol. The lowest BCUT2D eigenvalue weighted by Crippen LogP contribution is -2.38. The highest BCUT2D eigenvalue weighted by molar-refractivity contribution is 5.73. The fourth-order valence-electron chi connectivity index (χ4n) is 2.53. The van der Waals surface area contributed by atoms with Gasteiger partial charge in [-0.05, 0) is 31.5 Å². The maximum atomic E-state index is 4.20. The number of aromatic nitrogens is 3. The SMILES string of the molecule is Cn1cnnc1-c1ccccc1NC1CCCNC1. The van der Waals surface area contributed by atoms with Crippen LogP contribution in [0.15, 0.2) is 30.6 Å². The molecule has 1 aromatic carbocycles. The lowest BCUT2D eigenvalue weighted by atomic mass is 10.1. The van der Waals surface area contributed by atoms with Gasteiger partial charge in [-0.2, -0.15) is 0 Å². The van der Waals surface area contributed by atoms with Gasteiger partial charge in [-0.1, -0.05) is 12.1 Å². The number of rotatable bonds is 3. The summed E-state index contributed by atoms with van der Waals surface area (Å²) in [6, 6.07) is 8.77. The molecule has 0 spiro atoms. The monoisotopic (exact) mass is 257 g/mol. The van der Waals surface area contributed by atoms with E-state index < -0.39 is 0 Å². The predicted octanol–water partition coefficient (Wildman–Crippen LogP) is 1.65. The first-order valence-electron chi connectivity index (χ1n) is 6.75. The average Bonchev–Trinajstić information content (AvgIpc) is 2.87. The van der Waals surface area contributed by atoms with Crippen LogP contribution >= 0.6 is 0 Å². The van der Waals surface area contributed by atoms with Crippen molar-refractivity contribution in [3.8, 4) is 11.4 Å². The molecule has 0 radical (unpaired) electrons. The Balaban J connectivity index is 1.87. The molecule has 1 aromatic heterocycles. The number of para-hydroxylation sites is 1. The molecular formula is C14H19N5. The summed E-state index contributed by atoms with van der Waals surface area (Å²) in [4.78, 5) is 0. The molecule has 1 aliphatic heterocycles. The Bertz CT molecular complexity index is 542. The first-order chi connectivity index (χ1) is 9.34. The molecule has 2 N–H and O–H groups in total. The van der Waals surface area contributed by atoms with Crippen LogP contribution < -0.4 is 10.6 Å². The molecule has 0 bridgehead atoms. The van der Waals surface area contributed by atoms with Crippen molar-refractivity contribution in [3.05, 3.63) is 30.6 Å². The standard InChI is InChI=1S/C14H19N5/c1-19-10-16-18-14(19)12-6-2-3-7-13(12)17-11-5-4-8-15-9-11/h2-3,6-7,10-11,15,17H,4-5,8-9H2,1H3. The first-order valence-corrected chi connectivity index (χ1v) is 6.75. The number of benzene rings is 1. The highest BCUT2D eigenvalue weighted by atomic mass is 15.2. The molecular weight excluding hydrogens is 238 g/mol. The van der Waals surface area contributed by atoms with Gasteiger partial charge < -0.3 is 15.2 Å². The molecule has 3 rings (SSSR count). The van der Waals surface area contributed by atoms with Crippen molar-refractivity contribution in [1.29, 1.82) is 0 Å². The van der Waals surface area contributed by atoms with Gasteiger partial charge in [-0.3, -0.25) is 0 Å². The normalized spacial score (nSPS) is 19.3. The van der Waals surface area contributed by atoms with Crippen molar-refractivity contribution < 1.29 is 0 Å². The van der Waals surface area contributed by atoms with Crippen LogP contribution in [0.2, 0.25) is 0 Å². The van der Waals surface area contributed by atoms with Crippen molar-refractivity contribution in [2.24, 2.45) is 7.05 Å². The number of aryl methyl sites for hydroxylation is 1. The maximum absolute atomic E-state index is 4.20. The van der Waals surface area contributed by atoms with Gasteiger partial charge in [0.2, 0.25) is 0 Å². The zero-order valence-electron chi connectivity index (χ0n) is 11.1. The van der Waals surface area contributed by atoms with Gasteiger partial charge in [0.25, 0.3) is 0 Å². The number of hydrogen-bond donors (Lipinski definition) is 2. The lowest BCUT2D eigenvalue weighted by molar-refractivity contribution is 0.480. The molecule has 100 valence electrons. The van der Waals surface area contributed by atoms with E-state index in [4.69, 9.17) is 0 Å². The van der Waals surface area contributed by atoms with Crippen molar-refractivity contribution >= 4 is 5.69 Å². The molecule has 2 heterocycles. The van der Waals surface area contributed by atoms with Crippen LogP contribution in [0.4, 0.5) is 5.69 Å². The van der Waals surface area contributed by atoms with E-state index in [1.165, 1.54) is 12.8 Å². The molecule has 1 atom stereocenters. The van der Waals surface area contributed by atoms with E-state index in [2.05, 4.69) is 39.0 Å². The maximum Gasteiger partial charge on any atom is 0.165 e. The van der Waals surface area contributed by atoms with Crippen LogP contribution in [0.25, 0.3) is 11.4 Å². The summed E-state index contributed by atoms with van der Waals surface area (Å²) in [5.41, 5.74) is 2.24. The second kappa shape index (κ2) is 5.40. The Labute approximate surface area is 113 Å². The summed E-state index contributed by atoms with van der Waals surface area (Å²) < 4.78 is 1.94. The Kier molecular flexibility index (Phi) is 3.46. The molecule has 1 saturated heterocycles. The third-order valence-corrected chi connectivity index (χ3v) is 3.54. The fraction of sp³-hybridized carbons (Fsp3) is 0.429. The summed E-state index contributed by atoms with van der Waals surface area (Å²) in [5, 5.41) is 15.2. The quantitative estimate of drug-likeness (QED) is 0.878. The van der Waals surface area contributed by atoms with Crippen LogP contribution in [0.1, 0.15) is 12.8 Å². The Morgan fingerprint density at radius 3 is 3.00 bits per heavy atom. The van der Waals surface area contributed by atoms with Crippen molar-refractivity contribution in [2.75, 3.05) is 18.4 Å². The molecule has 0 saturated carbocycles. The molecule has 0 aliphatic carbocycles. The lowest BCUT2D eigenvalue weighted by Gasteiger charge is -2.25. The molecule has 2 aromatic rings. The minimum Gasteiger partial charge on any atom is -0.380 e. The van der Waals surface area contributed by atoms with Gasteiger partial charge in [0.05, 0.1) is 0 Å². The smallest absolute Gasteiger partial charge is 0.165 e. The van der Waals surface area contributed by atoms with E-state index in [9.17, 15) is 0 Å². The van der Waals surface area contributed by atoms with E-state index in [0.717, 1.165) is 30.2 Å². The summed E-state index contributed by atoms with van der Waals surface area (Å²) in [6.45, 7) is 2.15. The Morgan fingerprint density at radius 1 is 1.37 bits per heavy atom. The van der Waals surface area contributed by atoms with Crippen LogP contribution in [0.5, 0.6) is 0 Å². The molecule has 1 fully saturated rings. The predicted molar refractivity (Wildman–Crippen MR) is 76.0 cm³/mol. The zero-order valence-corrected chi connectivity index (χ0v) is 11.1. The highest BCUT2D eigenvalue weighted by Crippen LogP contribution is 2.26. The number of nitrogens with zero attached hydrogens (tertiary/aromatic N) is 3. The van der Waals surface area contributed by atoms with Crippen molar-refractivity contribution in [1.82, 2.24) is 20.1 Å². The summed E-state index contributed by atoms with van der Waals surface area (Å²) in [7, 11) is 1.97. The molecule has 0 amide bonds. The minimum atomic E-state index is 0.489. The number of nitrogens with one attached hydrogen (secondary N) is 2. The highest BCUT2D eigenvalue weighted by Gasteiger charge is 2.15. The third-order valence-electron chi connectivity index (χ3n) is 3.54. The van der Waals surface area contributed by atoms with Crippen LogP contribution in [-0.4, -0.2) is 33.9 Å². The molecule has 19 heavy (non-hydrogen) atoms. The van der Waals surface area contributed by atoms with E-state index in [-0.39, 0.29) is 0 Å². The van der Waals surface area contributed by atoms with Gasteiger partial charge in [-0.25, -0.2) is 0 Å². The van der Waals surface area contributed by atoms with Crippen LogP contribution in [0, 0.1) is 0 Å². The molecule has 1 aliphatic rings. The van der Waals surface area contributed by atoms with E-state index in [1.807, 2.05) is 17.7 Å². The van der Waals surface area contributed by atoms with Gasteiger partial charge in [0, 0.05) is 30.9 Å². The Morgan fingerprint density at radius 2 is 2.26 bits per heavy atom. The van der Waals surface area contributed by atoms with Crippen molar-refractivity contribution in [2.45, 2.75) is 18.9 Å². The van der Waals surface area contributed by atoms with E-state index >= 15 is 0 Å². The molecule has 1 unspecified atom stereocenters. The summed E-state index contributed by atoms with van der Waals surface area (Å²) in [5.74, 6) is 0.895. The largest absolute Gasteiger partial charge is 0.380 e. The number of piperidine rings is 1.